The monoisotopic (exact) mass is 265 g/mol. The molecule has 102 valence electrons. The van der Waals surface area contributed by atoms with Crippen LogP contribution >= 0.6 is 0 Å². The van der Waals surface area contributed by atoms with E-state index in [1.165, 1.54) is 25.7 Å². The smallest absolute Gasteiger partial charge is 0.115 e. The van der Waals surface area contributed by atoms with Crippen molar-refractivity contribution in [3.63, 3.8) is 0 Å². The summed E-state index contributed by atoms with van der Waals surface area (Å²) in [6, 6.07) is 9.52. The SMILES string of the molecule is c1ccc2c(c1)CC1CCC(C2)C1Nc1cncnc1. The number of hydrogen-bond donors (Lipinski definition) is 1. The van der Waals surface area contributed by atoms with Gasteiger partial charge in [0.05, 0.1) is 18.1 Å². The Morgan fingerprint density at radius 2 is 1.50 bits per heavy atom. The number of nitrogens with one attached hydrogen (secondary N) is 1. The Balaban J connectivity index is 1.61. The van der Waals surface area contributed by atoms with E-state index < -0.39 is 0 Å². The van der Waals surface area contributed by atoms with E-state index in [1.807, 2.05) is 12.4 Å². The summed E-state index contributed by atoms with van der Waals surface area (Å²) < 4.78 is 0. The van der Waals surface area contributed by atoms with Gasteiger partial charge in [-0.05, 0) is 48.6 Å². The fourth-order valence-electron chi connectivity index (χ4n) is 3.95. The van der Waals surface area contributed by atoms with E-state index >= 15 is 0 Å². The van der Waals surface area contributed by atoms with Crippen LogP contribution in [0.5, 0.6) is 0 Å². The largest absolute Gasteiger partial charge is 0.379 e. The number of nitrogens with zero attached hydrogens (tertiary/aromatic N) is 2. The Bertz CT molecular complexity index is 563. The van der Waals surface area contributed by atoms with Crippen LogP contribution in [-0.4, -0.2) is 16.0 Å². The zero-order valence-corrected chi connectivity index (χ0v) is 11.5. The number of anilines is 1. The number of aromatic nitrogens is 2. The average Bonchev–Trinajstić information content (AvgIpc) is 2.75. The molecule has 4 rings (SSSR count). The van der Waals surface area contributed by atoms with Crippen LogP contribution in [-0.2, 0) is 12.8 Å². The van der Waals surface area contributed by atoms with Gasteiger partial charge in [0.2, 0.25) is 0 Å². The zero-order chi connectivity index (χ0) is 13.4. The first-order chi connectivity index (χ1) is 9.90. The first-order valence-electron chi connectivity index (χ1n) is 7.48. The van der Waals surface area contributed by atoms with Gasteiger partial charge in [-0.2, -0.15) is 0 Å². The molecule has 0 amide bonds. The van der Waals surface area contributed by atoms with E-state index in [-0.39, 0.29) is 0 Å². The van der Waals surface area contributed by atoms with Gasteiger partial charge in [-0.25, -0.2) is 9.97 Å². The van der Waals surface area contributed by atoms with Crippen molar-refractivity contribution in [2.45, 2.75) is 31.7 Å². The van der Waals surface area contributed by atoms with Crippen LogP contribution in [0.2, 0.25) is 0 Å². The van der Waals surface area contributed by atoms with Gasteiger partial charge in [-0.1, -0.05) is 24.3 Å². The normalized spacial score (nSPS) is 27.7. The van der Waals surface area contributed by atoms with Gasteiger partial charge in [0, 0.05) is 6.04 Å². The number of benzene rings is 1. The molecule has 2 aromatic rings. The van der Waals surface area contributed by atoms with Crippen LogP contribution in [0.4, 0.5) is 5.69 Å². The molecule has 1 fully saturated rings. The van der Waals surface area contributed by atoms with Crippen LogP contribution in [0, 0.1) is 11.8 Å². The minimum atomic E-state index is 0.563. The predicted molar refractivity (Wildman–Crippen MR) is 79.5 cm³/mol. The summed E-state index contributed by atoms with van der Waals surface area (Å²) in [6.07, 6.45) is 10.4. The van der Waals surface area contributed by atoms with E-state index in [0.717, 1.165) is 17.5 Å². The van der Waals surface area contributed by atoms with Gasteiger partial charge in [-0.15, -0.1) is 0 Å². The van der Waals surface area contributed by atoms with Gasteiger partial charge in [-0.3, -0.25) is 0 Å². The van der Waals surface area contributed by atoms with Gasteiger partial charge >= 0.3 is 0 Å². The lowest BCUT2D eigenvalue weighted by Crippen LogP contribution is -2.30. The van der Waals surface area contributed by atoms with Crippen molar-refractivity contribution in [3.8, 4) is 0 Å². The molecular weight excluding hydrogens is 246 g/mol. The van der Waals surface area contributed by atoms with Crippen molar-refractivity contribution >= 4 is 5.69 Å². The fourth-order valence-corrected chi connectivity index (χ4v) is 3.95. The topological polar surface area (TPSA) is 37.8 Å². The number of rotatable bonds is 2. The molecule has 2 aliphatic rings. The van der Waals surface area contributed by atoms with Crippen LogP contribution in [0.25, 0.3) is 0 Å². The van der Waals surface area contributed by atoms with Crippen molar-refractivity contribution in [3.05, 3.63) is 54.1 Å². The fraction of sp³-hybridized carbons (Fsp3) is 0.412. The molecule has 2 aliphatic carbocycles. The van der Waals surface area contributed by atoms with Crippen molar-refractivity contribution in [2.24, 2.45) is 11.8 Å². The molecule has 1 saturated carbocycles. The maximum Gasteiger partial charge on any atom is 0.115 e. The second-order valence-electron chi connectivity index (χ2n) is 6.07. The Labute approximate surface area is 119 Å². The maximum absolute atomic E-state index is 4.11. The van der Waals surface area contributed by atoms with Crippen molar-refractivity contribution in [1.82, 2.24) is 9.97 Å². The summed E-state index contributed by atoms with van der Waals surface area (Å²) in [5, 5.41) is 3.69. The van der Waals surface area contributed by atoms with E-state index in [0.29, 0.717) is 6.04 Å². The molecule has 0 radical (unpaired) electrons. The molecule has 20 heavy (non-hydrogen) atoms. The van der Waals surface area contributed by atoms with E-state index in [9.17, 15) is 0 Å². The number of fused-ring (bicyclic) bond motifs is 3. The van der Waals surface area contributed by atoms with Gasteiger partial charge in [0.1, 0.15) is 6.33 Å². The second-order valence-corrected chi connectivity index (χ2v) is 6.07. The summed E-state index contributed by atoms with van der Waals surface area (Å²) in [7, 11) is 0. The highest BCUT2D eigenvalue weighted by atomic mass is 15.0. The minimum absolute atomic E-state index is 0.563. The lowest BCUT2D eigenvalue weighted by atomic mass is 9.94. The van der Waals surface area contributed by atoms with E-state index in [4.69, 9.17) is 0 Å². The highest BCUT2D eigenvalue weighted by Gasteiger charge is 2.38. The average molecular weight is 265 g/mol. The van der Waals surface area contributed by atoms with E-state index in [1.54, 1.807) is 17.5 Å². The third-order valence-electron chi connectivity index (χ3n) is 4.90. The molecule has 3 heteroatoms. The summed E-state index contributed by atoms with van der Waals surface area (Å²) >= 11 is 0. The summed E-state index contributed by atoms with van der Waals surface area (Å²) in [6.45, 7) is 0. The highest BCUT2D eigenvalue weighted by molar-refractivity contribution is 5.41. The second kappa shape index (κ2) is 4.89. The molecule has 3 nitrogen and oxygen atoms in total. The highest BCUT2D eigenvalue weighted by Crippen LogP contribution is 2.41. The van der Waals surface area contributed by atoms with Crippen LogP contribution in [0.3, 0.4) is 0 Å². The van der Waals surface area contributed by atoms with E-state index in [2.05, 4.69) is 39.6 Å². The molecule has 2 unspecified atom stereocenters. The Morgan fingerprint density at radius 1 is 0.900 bits per heavy atom. The summed E-state index contributed by atoms with van der Waals surface area (Å²) in [5.41, 5.74) is 4.16. The molecule has 0 saturated heterocycles. The van der Waals surface area contributed by atoms with Crippen LogP contribution < -0.4 is 5.32 Å². The summed E-state index contributed by atoms with van der Waals surface area (Å²) in [5.74, 6) is 1.48. The Hall–Kier alpha value is -1.90. The minimum Gasteiger partial charge on any atom is -0.379 e. The van der Waals surface area contributed by atoms with Crippen molar-refractivity contribution in [2.75, 3.05) is 5.32 Å². The third-order valence-corrected chi connectivity index (χ3v) is 4.90. The molecule has 1 heterocycles. The zero-order valence-electron chi connectivity index (χ0n) is 11.5. The van der Waals surface area contributed by atoms with Crippen LogP contribution in [0.1, 0.15) is 24.0 Å². The van der Waals surface area contributed by atoms with Crippen molar-refractivity contribution in [1.29, 1.82) is 0 Å². The van der Waals surface area contributed by atoms with Crippen LogP contribution in [0.15, 0.2) is 43.0 Å². The quantitative estimate of drug-likeness (QED) is 0.906. The molecule has 2 bridgehead atoms. The molecule has 0 aliphatic heterocycles. The Morgan fingerprint density at radius 3 is 2.10 bits per heavy atom. The lowest BCUT2D eigenvalue weighted by Gasteiger charge is -2.24. The molecule has 1 aromatic heterocycles. The third kappa shape index (κ3) is 2.07. The molecule has 2 atom stereocenters. The van der Waals surface area contributed by atoms with Gasteiger partial charge in [0.15, 0.2) is 0 Å². The van der Waals surface area contributed by atoms with Gasteiger partial charge < -0.3 is 5.32 Å². The van der Waals surface area contributed by atoms with Gasteiger partial charge in [0.25, 0.3) is 0 Å². The lowest BCUT2D eigenvalue weighted by molar-refractivity contribution is 0.449. The molecule has 0 spiro atoms. The maximum atomic E-state index is 4.11. The van der Waals surface area contributed by atoms with Crippen molar-refractivity contribution < 1.29 is 0 Å². The molecular formula is C17H19N3. The molecule has 1 aromatic carbocycles. The first kappa shape index (κ1) is 11.9. The first-order valence-corrected chi connectivity index (χ1v) is 7.48. The predicted octanol–water partition coefficient (Wildman–Crippen LogP) is 3.08. The standard InChI is InChI=1S/C17H19N3/c1-2-4-13-8-15-6-5-14(7-12(13)3-1)17(15)20-16-9-18-11-19-10-16/h1-4,9-11,14-15,17,20H,5-8H2. The molecule has 1 N–H and O–H groups in total. The summed E-state index contributed by atoms with van der Waals surface area (Å²) in [4.78, 5) is 8.22. The number of hydrogen-bond acceptors (Lipinski definition) is 3. The Kier molecular flexibility index (Phi) is 2.91.